The minimum Gasteiger partial charge on any atom is -0.480 e. The Labute approximate surface area is 122 Å². The van der Waals surface area contributed by atoms with Gasteiger partial charge in [0.25, 0.3) is 0 Å². The number of carboxylic acid groups (broad SMARTS) is 1. The average molecular weight is 352 g/mol. The third-order valence-corrected chi connectivity index (χ3v) is 4.09. The third kappa shape index (κ3) is 3.52. The molecule has 20 heavy (non-hydrogen) atoms. The summed E-state index contributed by atoms with van der Waals surface area (Å²) in [5, 5.41) is 8.83. The lowest BCUT2D eigenvalue weighted by Gasteiger charge is -2.28. The van der Waals surface area contributed by atoms with E-state index in [0.717, 1.165) is 20.5 Å². The maximum absolute atomic E-state index is 12.6. The number of nitrogens with zero attached hydrogens (tertiary/aromatic N) is 1. The zero-order valence-electron chi connectivity index (χ0n) is 10.5. The molecular weight excluding hydrogens is 339 g/mol. The van der Waals surface area contributed by atoms with Gasteiger partial charge in [-0.15, -0.1) is 0 Å². The Morgan fingerprint density at radius 1 is 1.45 bits per heavy atom. The Bertz CT molecular complexity index is 519. The Morgan fingerprint density at radius 2 is 2.15 bits per heavy atom. The molecule has 1 aromatic rings. The fourth-order valence-electron chi connectivity index (χ4n) is 2.65. The van der Waals surface area contributed by atoms with Crippen molar-refractivity contribution in [1.82, 2.24) is 4.90 Å². The number of alkyl halides is 3. The van der Waals surface area contributed by atoms with Gasteiger partial charge >= 0.3 is 12.1 Å². The summed E-state index contributed by atoms with van der Waals surface area (Å²) in [6.07, 6.45) is -3.26. The Kier molecular flexibility index (Phi) is 4.39. The summed E-state index contributed by atoms with van der Waals surface area (Å²) >= 11 is 3.38. The first-order chi connectivity index (χ1) is 9.28. The van der Waals surface area contributed by atoms with E-state index in [2.05, 4.69) is 15.9 Å². The van der Waals surface area contributed by atoms with E-state index in [9.17, 15) is 18.0 Å². The molecule has 110 valence electrons. The van der Waals surface area contributed by atoms with Gasteiger partial charge < -0.3 is 5.11 Å². The molecule has 0 bridgehead atoms. The molecule has 2 rings (SSSR count). The van der Waals surface area contributed by atoms with Gasteiger partial charge in [0.2, 0.25) is 0 Å². The summed E-state index contributed by atoms with van der Waals surface area (Å²) in [6.45, 7) is -1.83. The Morgan fingerprint density at radius 3 is 2.75 bits per heavy atom. The number of carbonyl (C=O) groups is 1. The van der Waals surface area contributed by atoms with E-state index in [1.54, 1.807) is 12.1 Å². The number of aliphatic carboxylic acids is 1. The molecule has 0 radical (unpaired) electrons. The molecule has 1 aliphatic carbocycles. The van der Waals surface area contributed by atoms with Crippen LogP contribution >= 0.6 is 15.9 Å². The summed E-state index contributed by atoms with van der Waals surface area (Å²) < 4.78 is 38.7. The lowest BCUT2D eigenvalue weighted by molar-refractivity contribution is -0.158. The van der Waals surface area contributed by atoms with Crippen LogP contribution in [0, 0.1) is 0 Å². The molecule has 0 saturated heterocycles. The molecule has 7 heteroatoms. The second kappa shape index (κ2) is 5.73. The average Bonchev–Trinajstić information content (AvgIpc) is 2.70. The maximum Gasteiger partial charge on any atom is 0.401 e. The van der Waals surface area contributed by atoms with Crippen LogP contribution in [0.2, 0.25) is 0 Å². The van der Waals surface area contributed by atoms with Crippen LogP contribution in [0.5, 0.6) is 0 Å². The second-order valence-electron chi connectivity index (χ2n) is 4.78. The van der Waals surface area contributed by atoms with Gasteiger partial charge in [0.15, 0.2) is 0 Å². The summed E-state index contributed by atoms with van der Waals surface area (Å²) in [5.41, 5.74) is 1.75. The van der Waals surface area contributed by atoms with Crippen LogP contribution in [-0.2, 0) is 11.2 Å². The highest BCUT2D eigenvalue weighted by molar-refractivity contribution is 9.10. The Hall–Kier alpha value is -1.08. The van der Waals surface area contributed by atoms with Gasteiger partial charge in [0, 0.05) is 10.5 Å². The van der Waals surface area contributed by atoms with E-state index in [4.69, 9.17) is 5.11 Å². The zero-order valence-corrected chi connectivity index (χ0v) is 12.0. The normalized spacial score (nSPS) is 18.4. The van der Waals surface area contributed by atoms with E-state index in [1.165, 1.54) is 0 Å². The topological polar surface area (TPSA) is 40.5 Å². The van der Waals surface area contributed by atoms with Gasteiger partial charge in [0.1, 0.15) is 0 Å². The minimum atomic E-state index is -4.41. The van der Waals surface area contributed by atoms with Gasteiger partial charge in [-0.1, -0.05) is 28.1 Å². The van der Waals surface area contributed by atoms with E-state index >= 15 is 0 Å². The fraction of sp³-hybridized carbons (Fsp3) is 0.462. The molecule has 3 nitrogen and oxygen atoms in total. The van der Waals surface area contributed by atoms with Crippen molar-refractivity contribution < 1.29 is 23.1 Å². The van der Waals surface area contributed by atoms with Gasteiger partial charge in [-0.2, -0.15) is 13.2 Å². The van der Waals surface area contributed by atoms with Crippen LogP contribution in [0.1, 0.15) is 23.6 Å². The molecule has 0 aliphatic heterocycles. The summed E-state index contributed by atoms with van der Waals surface area (Å²) in [4.78, 5) is 11.8. The summed E-state index contributed by atoms with van der Waals surface area (Å²) in [6, 6.07) is 4.86. The highest BCUT2D eigenvalue weighted by Crippen LogP contribution is 2.40. The van der Waals surface area contributed by atoms with Crippen molar-refractivity contribution in [2.24, 2.45) is 0 Å². The van der Waals surface area contributed by atoms with E-state index in [0.29, 0.717) is 12.8 Å². The highest BCUT2D eigenvalue weighted by atomic mass is 79.9. The molecule has 1 aliphatic rings. The number of hydrogen-bond donors (Lipinski definition) is 1. The zero-order chi connectivity index (χ0) is 14.9. The Balaban J connectivity index is 2.28. The highest BCUT2D eigenvalue weighted by Gasteiger charge is 2.37. The van der Waals surface area contributed by atoms with Crippen molar-refractivity contribution in [2.75, 3.05) is 13.1 Å². The van der Waals surface area contributed by atoms with Crippen molar-refractivity contribution in [3.8, 4) is 0 Å². The number of rotatable bonds is 4. The molecule has 0 spiro atoms. The molecule has 0 heterocycles. The fourth-order valence-corrected chi connectivity index (χ4v) is 3.23. The van der Waals surface area contributed by atoms with Crippen LogP contribution in [0.4, 0.5) is 13.2 Å². The van der Waals surface area contributed by atoms with Crippen molar-refractivity contribution in [3.63, 3.8) is 0 Å². The molecule has 1 unspecified atom stereocenters. The van der Waals surface area contributed by atoms with Crippen LogP contribution in [0.25, 0.3) is 0 Å². The summed E-state index contributed by atoms with van der Waals surface area (Å²) in [7, 11) is 0. The lowest BCUT2D eigenvalue weighted by Crippen LogP contribution is -2.39. The molecule has 1 atom stereocenters. The molecule has 0 aromatic heterocycles. The van der Waals surface area contributed by atoms with Crippen molar-refractivity contribution in [1.29, 1.82) is 0 Å². The van der Waals surface area contributed by atoms with Gasteiger partial charge in [-0.3, -0.25) is 9.69 Å². The van der Waals surface area contributed by atoms with Gasteiger partial charge in [-0.25, -0.2) is 0 Å². The summed E-state index contributed by atoms with van der Waals surface area (Å²) in [5.74, 6) is -1.25. The number of benzene rings is 1. The van der Waals surface area contributed by atoms with Crippen molar-refractivity contribution in [3.05, 3.63) is 33.8 Å². The number of hydrogen-bond acceptors (Lipinski definition) is 2. The minimum absolute atomic E-state index is 0.500. The van der Waals surface area contributed by atoms with Crippen molar-refractivity contribution in [2.45, 2.75) is 25.1 Å². The molecular formula is C13H13BrF3NO2. The first-order valence-corrected chi connectivity index (χ1v) is 6.87. The first-order valence-electron chi connectivity index (χ1n) is 6.08. The molecule has 0 amide bonds. The van der Waals surface area contributed by atoms with Gasteiger partial charge in [-0.05, 0) is 30.0 Å². The SMILES string of the molecule is O=C(O)CN(CC(F)(F)F)C1CCc2c(Br)cccc21. The molecule has 1 N–H and O–H groups in total. The van der Waals surface area contributed by atoms with Crippen LogP contribution < -0.4 is 0 Å². The predicted molar refractivity (Wildman–Crippen MR) is 70.5 cm³/mol. The lowest BCUT2D eigenvalue weighted by atomic mass is 10.1. The first kappa shape index (κ1) is 15.3. The van der Waals surface area contributed by atoms with Crippen LogP contribution in [0.3, 0.4) is 0 Å². The number of carboxylic acids is 1. The van der Waals surface area contributed by atoms with E-state index in [-0.39, 0.29) is 0 Å². The smallest absolute Gasteiger partial charge is 0.401 e. The van der Waals surface area contributed by atoms with E-state index in [1.807, 2.05) is 6.07 Å². The number of halogens is 4. The third-order valence-electron chi connectivity index (χ3n) is 3.34. The predicted octanol–water partition coefficient (Wildman–Crippen LogP) is 3.39. The van der Waals surface area contributed by atoms with Gasteiger partial charge in [0.05, 0.1) is 13.1 Å². The monoisotopic (exact) mass is 351 g/mol. The van der Waals surface area contributed by atoms with Crippen LogP contribution in [0.15, 0.2) is 22.7 Å². The molecule has 1 aromatic carbocycles. The number of fused-ring (bicyclic) bond motifs is 1. The second-order valence-corrected chi connectivity index (χ2v) is 5.63. The molecule has 0 fully saturated rings. The largest absolute Gasteiger partial charge is 0.480 e. The maximum atomic E-state index is 12.6. The molecule has 0 saturated carbocycles. The standard InChI is InChI=1S/C13H13BrF3NO2/c14-10-3-1-2-9-8(10)4-5-11(9)18(6-12(19)20)7-13(15,16)17/h1-3,11H,4-7H2,(H,19,20). The van der Waals surface area contributed by atoms with E-state index < -0.39 is 31.3 Å². The quantitative estimate of drug-likeness (QED) is 0.903. The van der Waals surface area contributed by atoms with Crippen molar-refractivity contribution >= 4 is 21.9 Å². The van der Waals surface area contributed by atoms with Crippen LogP contribution in [-0.4, -0.2) is 35.2 Å².